The summed E-state index contributed by atoms with van der Waals surface area (Å²) in [4.78, 5) is 0.369. The number of hydrogen-bond donors (Lipinski definition) is 0. The van der Waals surface area contributed by atoms with E-state index in [9.17, 15) is 8.42 Å². The molecule has 0 aliphatic carbocycles. The fraction of sp³-hybridized carbons (Fsp3) is 0.625. The zero-order chi connectivity index (χ0) is 15.6. The number of hydrogen-bond acceptors (Lipinski definition) is 2. The van der Waals surface area contributed by atoms with Crippen LogP contribution in [-0.2, 0) is 10.0 Å². The lowest BCUT2D eigenvalue weighted by molar-refractivity contribution is 0.285. The first-order valence-electron chi connectivity index (χ1n) is 7.56. The van der Waals surface area contributed by atoms with Gasteiger partial charge in [0.1, 0.15) is 0 Å². The van der Waals surface area contributed by atoms with E-state index in [1.54, 1.807) is 16.4 Å². The summed E-state index contributed by atoms with van der Waals surface area (Å²) in [6, 6.07) is 6.96. The Morgan fingerprint density at radius 2 is 1.95 bits per heavy atom. The molecule has 2 rings (SSSR count). The van der Waals surface area contributed by atoms with E-state index < -0.39 is 10.0 Å². The second-order valence-electron chi connectivity index (χ2n) is 5.99. The third-order valence-corrected chi connectivity index (χ3v) is 6.96. The molecule has 21 heavy (non-hydrogen) atoms. The first-order valence-corrected chi connectivity index (χ1v) is 9.53. The van der Waals surface area contributed by atoms with E-state index in [0.29, 0.717) is 29.2 Å². The molecule has 5 heteroatoms. The average Bonchev–Trinajstić information content (AvgIpc) is 2.91. The maximum absolute atomic E-state index is 12.8. The van der Waals surface area contributed by atoms with Gasteiger partial charge in [0.15, 0.2) is 0 Å². The number of aryl methyl sites for hydroxylation is 1. The number of sulfonamides is 1. The van der Waals surface area contributed by atoms with Crippen LogP contribution in [-0.4, -0.2) is 31.2 Å². The first-order chi connectivity index (χ1) is 9.91. The van der Waals surface area contributed by atoms with Gasteiger partial charge in [-0.15, -0.1) is 11.6 Å². The van der Waals surface area contributed by atoms with Crippen molar-refractivity contribution in [3.63, 3.8) is 0 Å². The van der Waals surface area contributed by atoms with E-state index in [4.69, 9.17) is 11.6 Å². The maximum atomic E-state index is 12.8. The predicted molar refractivity (Wildman–Crippen MR) is 87.1 cm³/mol. The number of alkyl halides is 1. The van der Waals surface area contributed by atoms with Crippen molar-refractivity contribution in [3.05, 3.63) is 29.8 Å². The molecule has 1 saturated heterocycles. The zero-order valence-electron chi connectivity index (χ0n) is 12.9. The minimum Gasteiger partial charge on any atom is -0.207 e. The van der Waals surface area contributed by atoms with Crippen molar-refractivity contribution in [3.8, 4) is 0 Å². The molecule has 1 aromatic carbocycles. The van der Waals surface area contributed by atoms with Crippen LogP contribution in [0.3, 0.4) is 0 Å². The van der Waals surface area contributed by atoms with Crippen molar-refractivity contribution in [1.82, 2.24) is 4.31 Å². The third-order valence-electron chi connectivity index (χ3n) is 4.71. The largest absolute Gasteiger partial charge is 0.243 e. The Morgan fingerprint density at radius 1 is 1.33 bits per heavy atom. The van der Waals surface area contributed by atoms with Crippen LogP contribution in [0.4, 0.5) is 0 Å². The van der Waals surface area contributed by atoms with Crippen LogP contribution in [0.5, 0.6) is 0 Å². The molecule has 1 aliphatic rings. The Morgan fingerprint density at radius 3 is 2.48 bits per heavy atom. The van der Waals surface area contributed by atoms with Gasteiger partial charge in [0.05, 0.1) is 4.90 Å². The topological polar surface area (TPSA) is 37.4 Å². The van der Waals surface area contributed by atoms with E-state index in [1.807, 2.05) is 19.1 Å². The molecule has 118 valence electrons. The quantitative estimate of drug-likeness (QED) is 0.773. The monoisotopic (exact) mass is 329 g/mol. The van der Waals surface area contributed by atoms with Crippen molar-refractivity contribution < 1.29 is 8.42 Å². The van der Waals surface area contributed by atoms with E-state index in [2.05, 4.69) is 13.8 Å². The number of rotatable bonds is 5. The lowest BCUT2D eigenvalue weighted by Gasteiger charge is -2.28. The highest BCUT2D eigenvalue weighted by Gasteiger charge is 2.42. The molecule has 0 radical (unpaired) electrons. The molecule has 1 fully saturated rings. The molecule has 3 nitrogen and oxygen atoms in total. The average molecular weight is 330 g/mol. The van der Waals surface area contributed by atoms with Gasteiger partial charge in [-0.05, 0) is 37.3 Å². The lowest BCUT2D eigenvalue weighted by Crippen LogP contribution is -2.40. The molecule has 0 amide bonds. The van der Waals surface area contributed by atoms with Crippen LogP contribution >= 0.6 is 11.6 Å². The predicted octanol–water partition coefficient (Wildman–Crippen LogP) is 3.66. The first kappa shape index (κ1) is 16.8. The van der Waals surface area contributed by atoms with Crippen LogP contribution in [0.25, 0.3) is 0 Å². The summed E-state index contributed by atoms with van der Waals surface area (Å²) in [6.45, 7) is 6.86. The van der Waals surface area contributed by atoms with Crippen molar-refractivity contribution in [2.24, 2.45) is 11.8 Å². The molecule has 0 bridgehead atoms. The van der Waals surface area contributed by atoms with Crippen LogP contribution in [0.1, 0.15) is 32.3 Å². The van der Waals surface area contributed by atoms with Gasteiger partial charge in [0.2, 0.25) is 10.0 Å². The highest BCUT2D eigenvalue weighted by Crippen LogP contribution is 2.36. The molecule has 0 spiro atoms. The van der Waals surface area contributed by atoms with Gasteiger partial charge in [-0.1, -0.05) is 38.0 Å². The molecule has 3 unspecified atom stereocenters. The Hall–Kier alpha value is -0.580. The van der Waals surface area contributed by atoms with Crippen molar-refractivity contribution >= 4 is 21.6 Å². The molecule has 3 atom stereocenters. The van der Waals surface area contributed by atoms with Crippen LogP contribution < -0.4 is 0 Å². The maximum Gasteiger partial charge on any atom is 0.243 e. The molecule has 1 heterocycles. The fourth-order valence-electron chi connectivity index (χ4n) is 3.15. The van der Waals surface area contributed by atoms with Gasteiger partial charge in [-0.3, -0.25) is 0 Å². The smallest absolute Gasteiger partial charge is 0.207 e. The second kappa shape index (κ2) is 6.67. The van der Waals surface area contributed by atoms with E-state index >= 15 is 0 Å². The fourth-order valence-corrected chi connectivity index (χ4v) is 5.31. The van der Waals surface area contributed by atoms with Crippen molar-refractivity contribution in [2.45, 2.75) is 44.6 Å². The summed E-state index contributed by atoms with van der Waals surface area (Å²) in [5.74, 6) is 1.21. The van der Waals surface area contributed by atoms with E-state index in [1.165, 1.54) is 0 Å². The molecular formula is C16H24ClNO2S. The molecule has 0 N–H and O–H groups in total. The summed E-state index contributed by atoms with van der Waals surface area (Å²) in [7, 11) is -3.44. The highest BCUT2D eigenvalue weighted by molar-refractivity contribution is 7.89. The van der Waals surface area contributed by atoms with Gasteiger partial charge in [0.25, 0.3) is 0 Å². The van der Waals surface area contributed by atoms with Gasteiger partial charge in [0, 0.05) is 18.5 Å². The van der Waals surface area contributed by atoms with Crippen LogP contribution in [0.2, 0.25) is 0 Å². The van der Waals surface area contributed by atoms with Crippen molar-refractivity contribution in [1.29, 1.82) is 0 Å². The summed E-state index contributed by atoms with van der Waals surface area (Å²) in [5, 5.41) is 0. The standard InChI is InChI=1S/C16H24ClNO2S/c1-4-13(3)15-9-10-18(16(15)11-17)21(19,20)14-7-5-12(2)6-8-14/h5-8,13,15-16H,4,9-11H2,1-3H3. The summed E-state index contributed by atoms with van der Waals surface area (Å²) in [5.41, 5.74) is 1.06. The van der Waals surface area contributed by atoms with E-state index in [-0.39, 0.29) is 6.04 Å². The van der Waals surface area contributed by atoms with Gasteiger partial charge < -0.3 is 0 Å². The molecule has 1 aliphatic heterocycles. The Labute approximate surface area is 133 Å². The molecule has 0 aromatic heterocycles. The minimum atomic E-state index is -3.44. The van der Waals surface area contributed by atoms with Crippen LogP contribution in [0, 0.1) is 18.8 Å². The number of nitrogens with zero attached hydrogens (tertiary/aromatic N) is 1. The van der Waals surface area contributed by atoms with Gasteiger partial charge in [-0.25, -0.2) is 8.42 Å². The lowest BCUT2D eigenvalue weighted by atomic mass is 9.86. The SMILES string of the molecule is CCC(C)C1CCN(S(=O)(=O)c2ccc(C)cc2)C1CCl. The third kappa shape index (κ3) is 3.27. The molecule has 0 saturated carbocycles. The summed E-state index contributed by atoms with van der Waals surface area (Å²) in [6.07, 6.45) is 1.95. The Balaban J connectivity index is 2.30. The molecule has 1 aromatic rings. The molecular weight excluding hydrogens is 306 g/mol. The Bertz CT molecular complexity index is 570. The van der Waals surface area contributed by atoms with E-state index in [0.717, 1.165) is 18.4 Å². The normalized spacial score (nSPS) is 25.1. The summed E-state index contributed by atoms with van der Waals surface area (Å²) >= 11 is 6.11. The van der Waals surface area contributed by atoms with Gasteiger partial charge >= 0.3 is 0 Å². The number of halogens is 1. The number of benzene rings is 1. The van der Waals surface area contributed by atoms with Gasteiger partial charge in [-0.2, -0.15) is 4.31 Å². The highest BCUT2D eigenvalue weighted by atomic mass is 35.5. The second-order valence-corrected chi connectivity index (χ2v) is 8.19. The summed E-state index contributed by atoms with van der Waals surface area (Å²) < 4.78 is 27.3. The zero-order valence-corrected chi connectivity index (χ0v) is 14.5. The van der Waals surface area contributed by atoms with Crippen molar-refractivity contribution in [2.75, 3.05) is 12.4 Å². The Kier molecular flexibility index (Phi) is 5.33. The minimum absolute atomic E-state index is 0.0899. The van der Waals surface area contributed by atoms with Crippen LogP contribution in [0.15, 0.2) is 29.2 Å².